The minimum Gasteiger partial charge on any atom is -0.461 e. The van der Waals surface area contributed by atoms with Crippen molar-refractivity contribution in [2.24, 2.45) is 17.6 Å². The van der Waals surface area contributed by atoms with Crippen LogP contribution in [0.15, 0.2) is 0 Å². The molecule has 0 spiro atoms. The summed E-state index contributed by atoms with van der Waals surface area (Å²) in [5, 5.41) is 8.69. The van der Waals surface area contributed by atoms with E-state index in [-0.39, 0.29) is 25.1 Å². The van der Waals surface area contributed by atoms with Crippen LogP contribution in [-0.2, 0) is 9.53 Å². The summed E-state index contributed by atoms with van der Waals surface area (Å²) in [7, 11) is 0. The fourth-order valence-corrected chi connectivity index (χ4v) is 2.48. The van der Waals surface area contributed by atoms with Gasteiger partial charge in [-0.05, 0) is 37.5 Å². The zero-order chi connectivity index (χ0) is 12.1. The van der Waals surface area contributed by atoms with Crippen molar-refractivity contribution < 1.29 is 14.6 Å². The second-order valence-corrected chi connectivity index (χ2v) is 5.10. The highest BCUT2D eigenvalue weighted by molar-refractivity contribution is 5.75. The quantitative estimate of drug-likeness (QED) is 0.707. The molecule has 0 heterocycles. The summed E-state index contributed by atoms with van der Waals surface area (Å²) in [6.45, 7) is 4.29. The highest BCUT2D eigenvalue weighted by atomic mass is 16.5. The predicted molar refractivity (Wildman–Crippen MR) is 61.7 cm³/mol. The van der Waals surface area contributed by atoms with Crippen LogP contribution >= 0.6 is 0 Å². The Morgan fingerprint density at radius 3 is 2.44 bits per heavy atom. The molecule has 0 bridgehead atoms. The molecule has 1 saturated carbocycles. The van der Waals surface area contributed by atoms with Crippen LogP contribution in [0.25, 0.3) is 0 Å². The van der Waals surface area contributed by atoms with Crippen LogP contribution in [0.1, 0.15) is 39.5 Å². The summed E-state index contributed by atoms with van der Waals surface area (Å²) in [5.41, 5.74) is 5.58. The Morgan fingerprint density at radius 1 is 1.38 bits per heavy atom. The lowest BCUT2D eigenvalue weighted by Crippen LogP contribution is -2.37. The second-order valence-electron chi connectivity index (χ2n) is 5.10. The van der Waals surface area contributed by atoms with E-state index < -0.39 is 6.04 Å². The number of carbonyl (C=O) groups is 1. The summed E-state index contributed by atoms with van der Waals surface area (Å²) in [5.74, 6) is 0.839. The molecule has 3 unspecified atom stereocenters. The van der Waals surface area contributed by atoms with Crippen LogP contribution in [0.4, 0.5) is 0 Å². The van der Waals surface area contributed by atoms with Crippen molar-refractivity contribution in [3.63, 3.8) is 0 Å². The third kappa shape index (κ3) is 4.10. The summed E-state index contributed by atoms with van der Waals surface area (Å²) in [4.78, 5) is 11.6. The molecule has 1 fully saturated rings. The van der Waals surface area contributed by atoms with Gasteiger partial charge in [-0.15, -0.1) is 0 Å². The smallest absolute Gasteiger partial charge is 0.323 e. The predicted octanol–water partition coefficient (Wildman–Crippen LogP) is 1.06. The highest BCUT2D eigenvalue weighted by Gasteiger charge is 2.28. The lowest BCUT2D eigenvalue weighted by Gasteiger charge is -2.31. The van der Waals surface area contributed by atoms with Crippen LogP contribution in [0.3, 0.4) is 0 Å². The first-order valence-electron chi connectivity index (χ1n) is 6.09. The third-order valence-corrected chi connectivity index (χ3v) is 3.16. The molecule has 0 saturated heterocycles. The summed E-state index contributed by atoms with van der Waals surface area (Å²) in [6.07, 6.45) is 3.35. The molecule has 1 aliphatic rings. The summed E-state index contributed by atoms with van der Waals surface area (Å²) >= 11 is 0. The lowest BCUT2D eigenvalue weighted by atomic mass is 9.82. The van der Waals surface area contributed by atoms with Crippen molar-refractivity contribution in [3.05, 3.63) is 0 Å². The fraction of sp³-hybridized carbons (Fsp3) is 0.917. The van der Waals surface area contributed by atoms with Crippen molar-refractivity contribution in [2.45, 2.75) is 51.7 Å². The molecule has 0 aromatic carbocycles. The van der Waals surface area contributed by atoms with E-state index in [0.717, 1.165) is 12.8 Å². The molecule has 0 aromatic rings. The average Bonchev–Trinajstić information content (AvgIpc) is 2.16. The van der Waals surface area contributed by atoms with Gasteiger partial charge in [-0.1, -0.05) is 13.8 Å². The van der Waals surface area contributed by atoms with Crippen molar-refractivity contribution in [1.29, 1.82) is 0 Å². The number of aliphatic hydroxyl groups is 1. The minimum atomic E-state index is -0.683. The molecule has 1 rings (SSSR count). The molecular weight excluding hydrogens is 206 g/mol. The SMILES string of the molecule is CC1CC(C)CC(OC(=O)C(N)CCO)C1. The van der Waals surface area contributed by atoms with Gasteiger partial charge in [-0.25, -0.2) is 0 Å². The maximum atomic E-state index is 11.6. The van der Waals surface area contributed by atoms with Gasteiger partial charge in [0.25, 0.3) is 0 Å². The number of ether oxygens (including phenoxy) is 1. The van der Waals surface area contributed by atoms with Crippen LogP contribution < -0.4 is 5.73 Å². The first kappa shape index (κ1) is 13.5. The largest absolute Gasteiger partial charge is 0.461 e. The van der Waals surface area contributed by atoms with Crippen molar-refractivity contribution in [1.82, 2.24) is 0 Å². The molecule has 1 aliphatic carbocycles. The molecule has 0 aliphatic heterocycles. The minimum absolute atomic E-state index is 0.0102. The van der Waals surface area contributed by atoms with Crippen LogP contribution in [-0.4, -0.2) is 29.8 Å². The van der Waals surface area contributed by atoms with E-state index in [1.54, 1.807) is 0 Å². The maximum Gasteiger partial charge on any atom is 0.323 e. The molecule has 0 radical (unpaired) electrons. The van der Waals surface area contributed by atoms with Gasteiger partial charge in [0, 0.05) is 6.61 Å². The van der Waals surface area contributed by atoms with E-state index in [1.165, 1.54) is 6.42 Å². The topological polar surface area (TPSA) is 72.5 Å². The standard InChI is InChI=1S/C12H23NO3/c1-8-5-9(2)7-10(6-8)16-12(15)11(13)3-4-14/h8-11,14H,3-7,13H2,1-2H3. The Labute approximate surface area is 97.2 Å². The van der Waals surface area contributed by atoms with Crippen molar-refractivity contribution >= 4 is 5.97 Å². The number of rotatable bonds is 4. The number of aliphatic hydroxyl groups excluding tert-OH is 1. The third-order valence-electron chi connectivity index (χ3n) is 3.16. The summed E-state index contributed by atoms with van der Waals surface area (Å²) in [6, 6.07) is -0.683. The monoisotopic (exact) mass is 229 g/mol. The first-order valence-corrected chi connectivity index (χ1v) is 6.09. The van der Waals surface area contributed by atoms with Crippen LogP contribution in [0, 0.1) is 11.8 Å². The normalized spacial score (nSPS) is 32.1. The molecule has 4 heteroatoms. The average molecular weight is 229 g/mol. The Morgan fingerprint density at radius 2 is 1.94 bits per heavy atom. The van der Waals surface area contributed by atoms with Gasteiger partial charge >= 0.3 is 5.97 Å². The van der Waals surface area contributed by atoms with E-state index in [9.17, 15) is 4.79 Å². The van der Waals surface area contributed by atoms with Crippen LogP contribution in [0.2, 0.25) is 0 Å². The van der Waals surface area contributed by atoms with Crippen molar-refractivity contribution in [2.75, 3.05) is 6.61 Å². The molecule has 3 N–H and O–H groups in total. The molecule has 94 valence electrons. The Balaban J connectivity index is 2.38. The number of hydrogen-bond donors (Lipinski definition) is 2. The zero-order valence-electron chi connectivity index (χ0n) is 10.2. The number of nitrogens with two attached hydrogens (primary N) is 1. The molecule has 0 aromatic heterocycles. The summed E-state index contributed by atoms with van der Waals surface area (Å²) < 4.78 is 5.37. The zero-order valence-corrected chi connectivity index (χ0v) is 10.2. The number of carbonyl (C=O) groups excluding carboxylic acids is 1. The molecule has 0 amide bonds. The van der Waals surface area contributed by atoms with Crippen LogP contribution in [0.5, 0.6) is 0 Å². The van der Waals surface area contributed by atoms with E-state index in [0.29, 0.717) is 11.8 Å². The Kier molecular flexibility index (Phi) is 5.22. The van der Waals surface area contributed by atoms with Crippen molar-refractivity contribution in [3.8, 4) is 0 Å². The van der Waals surface area contributed by atoms with E-state index in [4.69, 9.17) is 15.6 Å². The highest BCUT2D eigenvalue weighted by Crippen LogP contribution is 2.30. The Hall–Kier alpha value is -0.610. The maximum absolute atomic E-state index is 11.6. The first-order chi connectivity index (χ1) is 7.52. The fourth-order valence-electron chi connectivity index (χ4n) is 2.48. The van der Waals surface area contributed by atoms with Gasteiger partial charge in [0.15, 0.2) is 0 Å². The van der Waals surface area contributed by atoms with Gasteiger partial charge in [0.2, 0.25) is 0 Å². The number of hydrogen-bond acceptors (Lipinski definition) is 4. The molecule has 16 heavy (non-hydrogen) atoms. The number of esters is 1. The van der Waals surface area contributed by atoms with Gasteiger partial charge in [0.05, 0.1) is 0 Å². The van der Waals surface area contributed by atoms with Gasteiger partial charge in [-0.2, -0.15) is 0 Å². The van der Waals surface area contributed by atoms with E-state index in [2.05, 4.69) is 13.8 Å². The van der Waals surface area contributed by atoms with E-state index >= 15 is 0 Å². The van der Waals surface area contributed by atoms with E-state index in [1.807, 2.05) is 0 Å². The molecular formula is C12H23NO3. The second kappa shape index (κ2) is 6.21. The Bertz CT molecular complexity index is 222. The van der Waals surface area contributed by atoms with Gasteiger partial charge in [0.1, 0.15) is 12.1 Å². The van der Waals surface area contributed by atoms with Gasteiger partial charge in [-0.3, -0.25) is 4.79 Å². The molecule has 3 atom stereocenters. The van der Waals surface area contributed by atoms with Gasteiger partial charge < -0.3 is 15.6 Å². The molecule has 4 nitrogen and oxygen atoms in total. The lowest BCUT2D eigenvalue weighted by molar-refractivity contribution is -0.154.